The molecule has 0 bridgehead atoms. The summed E-state index contributed by atoms with van der Waals surface area (Å²) in [5, 5.41) is 12.0. The monoisotopic (exact) mass is 254 g/mol. The summed E-state index contributed by atoms with van der Waals surface area (Å²) in [4.78, 5) is 4.33. The number of nitrogens with two attached hydrogens (primary N) is 1. The molecule has 2 aromatic rings. The lowest BCUT2D eigenvalue weighted by Gasteiger charge is -2.11. The third kappa shape index (κ3) is 2.75. The average Bonchev–Trinajstić information content (AvgIpc) is 2.43. The van der Waals surface area contributed by atoms with Crippen LogP contribution in [0.4, 0.5) is 17.2 Å². The van der Waals surface area contributed by atoms with Crippen molar-refractivity contribution in [2.24, 2.45) is 0 Å². The second kappa shape index (κ2) is 5.27. The highest BCUT2D eigenvalue weighted by Crippen LogP contribution is 2.28. The van der Waals surface area contributed by atoms with Gasteiger partial charge in [-0.15, -0.1) is 0 Å². The highest BCUT2D eigenvalue weighted by Gasteiger charge is 2.06. The van der Waals surface area contributed by atoms with E-state index in [4.69, 9.17) is 15.7 Å². The van der Waals surface area contributed by atoms with Crippen LogP contribution in [0, 0.1) is 18.3 Å². The number of methoxy groups -OCH3 is 1. The van der Waals surface area contributed by atoms with Gasteiger partial charge in [-0.05, 0) is 31.2 Å². The first-order chi connectivity index (χ1) is 9.13. The molecule has 1 aromatic heterocycles. The minimum Gasteiger partial charge on any atom is -0.495 e. The van der Waals surface area contributed by atoms with Crippen molar-refractivity contribution in [1.29, 1.82) is 5.26 Å². The van der Waals surface area contributed by atoms with Gasteiger partial charge in [0.05, 0.1) is 35.8 Å². The predicted molar refractivity (Wildman–Crippen MR) is 74.4 cm³/mol. The van der Waals surface area contributed by atoms with Crippen molar-refractivity contribution in [3.05, 3.63) is 41.6 Å². The van der Waals surface area contributed by atoms with Crippen molar-refractivity contribution in [2.75, 3.05) is 18.2 Å². The molecule has 1 aromatic carbocycles. The first kappa shape index (κ1) is 12.7. The summed E-state index contributed by atoms with van der Waals surface area (Å²) in [5.41, 5.74) is 8.43. The summed E-state index contributed by atoms with van der Waals surface area (Å²) in [6.45, 7) is 1.84. The Bertz CT molecular complexity index is 646. The lowest BCUT2D eigenvalue weighted by molar-refractivity contribution is 0.416. The summed E-state index contributed by atoms with van der Waals surface area (Å²) >= 11 is 0. The van der Waals surface area contributed by atoms with E-state index in [9.17, 15) is 0 Å². The number of hydrogen-bond acceptors (Lipinski definition) is 5. The molecule has 0 saturated heterocycles. The maximum absolute atomic E-state index is 8.85. The number of nitrogens with one attached hydrogen (secondary N) is 1. The third-order valence-electron chi connectivity index (χ3n) is 2.72. The summed E-state index contributed by atoms with van der Waals surface area (Å²) in [7, 11) is 1.56. The van der Waals surface area contributed by atoms with Gasteiger partial charge >= 0.3 is 0 Å². The van der Waals surface area contributed by atoms with Gasteiger partial charge in [0.2, 0.25) is 0 Å². The Balaban J connectivity index is 2.32. The molecule has 0 saturated carbocycles. The lowest BCUT2D eigenvalue weighted by atomic mass is 10.2. The van der Waals surface area contributed by atoms with Crippen LogP contribution in [-0.4, -0.2) is 12.1 Å². The fraction of sp³-hybridized carbons (Fsp3) is 0.143. The van der Waals surface area contributed by atoms with Crippen molar-refractivity contribution in [2.45, 2.75) is 6.92 Å². The Morgan fingerprint density at radius 2 is 2.11 bits per heavy atom. The number of rotatable bonds is 3. The maximum Gasteiger partial charge on any atom is 0.143 e. The Hall–Kier alpha value is -2.74. The zero-order valence-corrected chi connectivity index (χ0v) is 10.8. The molecule has 1 heterocycles. The number of nitrogens with zero attached hydrogens (tertiary/aromatic N) is 2. The van der Waals surface area contributed by atoms with Crippen LogP contribution in [0.25, 0.3) is 0 Å². The Morgan fingerprint density at radius 3 is 2.74 bits per heavy atom. The molecular formula is C14H14N4O. The zero-order valence-electron chi connectivity index (χ0n) is 10.8. The highest BCUT2D eigenvalue weighted by atomic mass is 16.5. The first-order valence-electron chi connectivity index (χ1n) is 5.72. The van der Waals surface area contributed by atoms with Crippen LogP contribution in [0.15, 0.2) is 30.3 Å². The summed E-state index contributed by atoms with van der Waals surface area (Å²) in [5.74, 6) is 1.27. The van der Waals surface area contributed by atoms with Crippen LogP contribution in [0.1, 0.15) is 11.3 Å². The largest absolute Gasteiger partial charge is 0.495 e. The molecule has 5 nitrogen and oxygen atoms in total. The van der Waals surface area contributed by atoms with Crippen molar-refractivity contribution in [3.63, 3.8) is 0 Å². The van der Waals surface area contributed by atoms with E-state index < -0.39 is 0 Å². The topological polar surface area (TPSA) is 84.0 Å². The molecule has 0 fully saturated rings. The SMILES string of the molecule is COc1cc(C#N)ccc1Nc1ccc(N)c(C)n1. The standard InChI is InChI=1S/C14H14N4O/c1-9-11(16)4-6-14(17-9)18-12-5-3-10(8-15)7-13(12)19-2/h3-7H,16H2,1-2H3,(H,17,18). The number of aryl methyl sites for hydroxylation is 1. The van der Waals surface area contributed by atoms with E-state index in [-0.39, 0.29) is 0 Å². The molecule has 96 valence electrons. The molecule has 0 unspecified atom stereocenters. The second-order valence-electron chi connectivity index (χ2n) is 4.02. The van der Waals surface area contributed by atoms with E-state index in [1.54, 1.807) is 37.4 Å². The van der Waals surface area contributed by atoms with E-state index >= 15 is 0 Å². The number of nitriles is 1. The van der Waals surface area contributed by atoms with Gasteiger partial charge in [0.1, 0.15) is 11.6 Å². The zero-order chi connectivity index (χ0) is 13.8. The molecule has 0 aliphatic heterocycles. The molecule has 0 atom stereocenters. The van der Waals surface area contributed by atoms with Gasteiger partial charge in [0.25, 0.3) is 0 Å². The van der Waals surface area contributed by atoms with Crippen LogP contribution >= 0.6 is 0 Å². The van der Waals surface area contributed by atoms with E-state index in [1.165, 1.54) is 0 Å². The summed E-state index contributed by atoms with van der Waals surface area (Å²) < 4.78 is 5.25. The number of ether oxygens (including phenoxy) is 1. The van der Waals surface area contributed by atoms with Gasteiger partial charge in [0, 0.05) is 6.07 Å². The van der Waals surface area contributed by atoms with Crippen LogP contribution in [0.2, 0.25) is 0 Å². The van der Waals surface area contributed by atoms with Gasteiger partial charge < -0.3 is 15.8 Å². The number of benzene rings is 1. The molecule has 3 N–H and O–H groups in total. The van der Waals surface area contributed by atoms with Crippen molar-refractivity contribution in [1.82, 2.24) is 4.98 Å². The normalized spacial score (nSPS) is 9.74. The molecule has 5 heteroatoms. The predicted octanol–water partition coefficient (Wildman–Crippen LogP) is 2.60. The van der Waals surface area contributed by atoms with Crippen LogP contribution in [0.5, 0.6) is 5.75 Å². The second-order valence-corrected chi connectivity index (χ2v) is 4.02. The summed E-state index contributed by atoms with van der Waals surface area (Å²) in [6, 6.07) is 10.8. The fourth-order valence-electron chi connectivity index (χ4n) is 1.64. The smallest absolute Gasteiger partial charge is 0.143 e. The van der Waals surface area contributed by atoms with Gasteiger partial charge in [-0.1, -0.05) is 0 Å². The van der Waals surface area contributed by atoms with Crippen LogP contribution in [0.3, 0.4) is 0 Å². The highest BCUT2D eigenvalue weighted by molar-refractivity contribution is 5.66. The number of aromatic nitrogens is 1. The lowest BCUT2D eigenvalue weighted by Crippen LogP contribution is -2.00. The van der Waals surface area contributed by atoms with Crippen molar-refractivity contribution >= 4 is 17.2 Å². The number of hydrogen-bond donors (Lipinski definition) is 2. The Kier molecular flexibility index (Phi) is 3.53. The van der Waals surface area contributed by atoms with Crippen molar-refractivity contribution < 1.29 is 4.74 Å². The quantitative estimate of drug-likeness (QED) is 0.879. The minimum absolute atomic E-state index is 0.545. The first-order valence-corrected chi connectivity index (χ1v) is 5.72. The Labute approximate surface area is 111 Å². The molecule has 19 heavy (non-hydrogen) atoms. The molecule has 0 radical (unpaired) electrons. The van der Waals surface area contributed by atoms with E-state index in [0.29, 0.717) is 22.8 Å². The van der Waals surface area contributed by atoms with Gasteiger partial charge in [0.15, 0.2) is 0 Å². The van der Waals surface area contributed by atoms with E-state index in [1.807, 2.05) is 6.92 Å². The molecule has 0 amide bonds. The molecule has 2 rings (SSSR count). The third-order valence-corrected chi connectivity index (χ3v) is 2.72. The summed E-state index contributed by atoms with van der Waals surface area (Å²) in [6.07, 6.45) is 0. The molecular weight excluding hydrogens is 240 g/mol. The van der Waals surface area contributed by atoms with Gasteiger partial charge in [-0.2, -0.15) is 5.26 Å². The van der Waals surface area contributed by atoms with E-state index in [2.05, 4.69) is 16.4 Å². The van der Waals surface area contributed by atoms with E-state index in [0.717, 1.165) is 11.4 Å². The number of anilines is 3. The fourth-order valence-corrected chi connectivity index (χ4v) is 1.64. The minimum atomic E-state index is 0.545. The van der Waals surface area contributed by atoms with Crippen LogP contribution < -0.4 is 15.8 Å². The maximum atomic E-state index is 8.85. The van der Waals surface area contributed by atoms with Crippen molar-refractivity contribution in [3.8, 4) is 11.8 Å². The molecule has 0 spiro atoms. The average molecular weight is 254 g/mol. The van der Waals surface area contributed by atoms with Gasteiger partial charge in [-0.25, -0.2) is 4.98 Å². The Morgan fingerprint density at radius 1 is 1.32 bits per heavy atom. The molecule has 0 aliphatic carbocycles. The van der Waals surface area contributed by atoms with Gasteiger partial charge in [-0.3, -0.25) is 0 Å². The van der Waals surface area contributed by atoms with Crippen LogP contribution in [-0.2, 0) is 0 Å². The number of pyridine rings is 1. The molecule has 0 aliphatic rings. The number of nitrogen functional groups attached to an aromatic ring is 1.